The first-order valence-corrected chi connectivity index (χ1v) is 6.51. The molecule has 1 aromatic rings. The lowest BCUT2D eigenvalue weighted by atomic mass is 9.81. The number of fused-ring (bicyclic) bond motifs is 1. The van der Waals surface area contributed by atoms with Crippen molar-refractivity contribution in [2.24, 2.45) is 10.7 Å². The molecule has 104 valence electrons. The Kier molecular flexibility index (Phi) is 3.41. The minimum Gasteiger partial charge on any atom is -0.383 e. The van der Waals surface area contributed by atoms with Gasteiger partial charge in [0.2, 0.25) is 0 Å². The summed E-state index contributed by atoms with van der Waals surface area (Å²) >= 11 is 0. The van der Waals surface area contributed by atoms with Crippen molar-refractivity contribution < 1.29 is 9.47 Å². The predicted octanol–water partition coefficient (Wildman–Crippen LogP) is 2.50. The van der Waals surface area contributed by atoms with E-state index < -0.39 is 5.91 Å². The molecule has 0 saturated heterocycles. The highest BCUT2D eigenvalue weighted by Crippen LogP contribution is 2.38. The molecule has 0 bridgehead atoms. The van der Waals surface area contributed by atoms with E-state index in [2.05, 4.69) is 37.9 Å². The molecule has 0 spiro atoms. The maximum Gasteiger partial charge on any atom is 0.300 e. The molecule has 2 N–H and O–H groups in total. The number of nitrogens with zero attached hydrogens (tertiary/aromatic N) is 1. The number of amidine groups is 1. The van der Waals surface area contributed by atoms with Gasteiger partial charge in [0.05, 0.1) is 0 Å². The van der Waals surface area contributed by atoms with Gasteiger partial charge in [0, 0.05) is 25.3 Å². The van der Waals surface area contributed by atoms with Gasteiger partial charge in [0.1, 0.15) is 5.84 Å². The summed E-state index contributed by atoms with van der Waals surface area (Å²) < 4.78 is 10.8. The normalized spacial score (nSPS) is 17.2. The lowest BCUT2D eigenvalue weighted by Crippen LogP contribution is -2.26. The zero-order valence-corrected chi connectivity index (χ0v) is 12.3. The van der Waals surface area contributed by atoms with Crippen LogP contribution in [0.15, 0.2) is 23.2 Å². The third-order valence-corrected chi connectivity index (χ3v) is 4.12. The van der Waals surface area contributed by atoms with Gasteiger partial charge in [-0.25, -0.2) is 4.99 Å². The molecular formula is C15H22N2O2. The van der Waals surface area contributed by atoms with Gasteiger partial charge in [0.25, 0.3) is 5.91 Å². The Hall–Kier alpha value is -1.39. The Bertz CT molecular complexity index is 517. The third-order valence-electron chi connectivity index (χ3n) is 4.12. The van der Waals surface area contributed by atoms with Crippen LogP contribution in [0.1, 0.15) is 43.9 Å². The molecule has 2 rings (SSSR count). The van der Waals surface area contributed by atoms with Crippen LogP contribution in [0.25, 0.3) is 0 Å². The topological polar surface area (TPSA) is 56.8 Å². The Labute approximate surface area is 114 Å². The summed E-state index contributed by atoms with van der Waals surface area (Å²) in [6.45, 7) is 6.62. The van der Waals surface area contributed by atoms with Gasteiger partial charge in [-0.1, -0.05) is 32.9 Å². The first-order chi connectivity index (χ1) is 8.90. The maximum atomic E-state index is 6.02. The summed E-state index contributed by atoms with van der Waals surface area (Å²) in [6, 6.07) is 6.19. The summed E-state index contributed by atoms with van der Waals surface area (Å²) in [5.74, 6) is -0.624. The molecule has 4 heteroatoms. The largest absolute Gasteiger partial charge is 0.383 e. The van der Waals surface area contributed by atoms with E-state index >= 15 is 0 Å². The molecule has 1 aliphatic heterocycles. The van der Waals surface area contributed by atoms with Crippen LogP contribution in [-0.4, -0.2) is 20.1 Å². The highest BCUT2D eigenvalue weighted by molar-refractivity contribution is 6.01. The number of rotatable bonds is 4. The van der Waals surface area contributed by atoms with E-state index in [-0.39, 0.29) is 5.41 Å². The molecule has 0 unspecified atom stereocenters. The van der Waals surface area contributed by atoms with Crippen molar-refractivity contribution in [3.63, 3.8) is 0 Å². The number of hydrogen-bond donors (Lipinski definition) is 1. The zero-order valence-electron chi connectivity index (χ0n) is 12.3. The third kappa shape index (κ3) is 2.05. The van der Waals surface area contributed by atoms with E-state index in [4.69, 9.17) is 15.2 Å². The summed E-state index contributed by atoms with van der Waals surface area (Å²) in [5, 5.41) is 0. The number of nitrogens with two attached hydrogens (primary N) is 1. The Morgan fingerprint density at radius 1 is 1.26 bits per heavy atom. The van der Waals surface area contributed by atoms with E-state index in [1.54, 1.807) is 14.2 Å². The molecule has 4 nitrogen and oxygen atoms in total. The molecule has 0 saturated carbocycles. The second-order valence-electron chi connectivity index (χ2n) is 5.48. The molecule has 0 amide bonds. The second kappa shape index (κ2) is 4.62. The second-order valence-corrected chi connectivity index (χ2v) is 5.48. The fraction of sp³-hybridized carbons (Fsp3) is 0.533. The monoisotopic (exact) mass is 262 g/mol. The van der Waals surface area contributed by atoms with Gasteiger partial charge in [-0.15, -0.1) is 0 Å². The van der Waals surface area contributed by atoms with Gasteiger partial charge in [-0.2, -0.15) is 0 Å². The molecule has 1 heterocycles. The van der Waals surface area contributed by atoms with Crippen LogP contribution in [-0.2, 0) is 20.8 Å². The number of benzene rings is 1. The van der Waals surface area contributed by atoms with Gasteiger partial charge >= 0.3 is 0 Å². The zero-order chi connectivity index (χ0) is 14.3. The number of aliphatic imine (C=N–C) groups is 1. The van der Waals surface area contributed by atoms with E-state index in [1.165, 1.54) is 5.56 Å². The van der Waals surface area contributed by atoms with Crippen LogP contribution in [0.2, 0.25) is 0 Å². The van der Waals surface area contributed by atoms with E-state index in [0.717, 1.165) is 17.5 Å². The highest BCUT2D eigenvalue weighted by atomic mass is 16.7. The fourth-order valence-electron chi connectivity index (χ4n) is 2.33. The minimum absolute atomic E-state index is 0.112. The molecule has 1 aliphatic rings. The molecular weight excluding hydrogens is 240 g/mol. The first-order valence-electron chi connectivity index (χ1n) is 6.51. The van der Waals surface area contributed by atoms with E-state index in [9.17, 15) is 0 Å². The maximum absolute atomic E-state index is 6.02. The summed E-state index contributed by atoms with van der Waals surface area (Å²) in [4.78, 5) is 4.32. The van der Waals surface area contributed by atoms with Crippen LogP contribution in [0.5, 0.6) is 0 Å². The van der Waals surface area contributed by atoms with Crippen LogP contribution < -0.4 is 5.73 Å². The molecule has 0 radical (unpaired) electrons. The number of methoxy groups -OCH3 is 2. The Morgan fingerprint density at radius 2 is 1.89 bits per heavy atom. The van der Waals surface area contributed by atoms with Crippen molar-refractivity contribution >= 4 is 5.84 Å². The average Bonchev–Trinajstić information content (AvgIpc) is 2.72. The SMILES string of the molecule is CCC(C)(C)c1ccc2c(c1)C(N)=NC2(OC)OC. The molecule has 0 aromatic heterocycles. The van der Waals surface area contributed by atoms with Crippen LogP contribution in [0.3, 0.4) is 0 Å². The van der Waals surface area contributed by atoms with Crippen LogP contribution in [0, 0.1) is 0 Å². The molecule has 0 aliphatic carbocycles. The number of ether oxygens (including phenoxy) is 2. The molecule has 19 heavy (non-hydrogen) atoms. The summed E-state index contributed by atoms with van der Waals surface area (Å²) in [6.07, 6.45) is 1.06. The lowest BCUT2D eigenvalue weighted by molar-refractivity contribution is -0.206. The van der Waals surface area contributed by atoms with Crippen molar-refractivity contribution in [1.82, 2.24) is 0 Å². The van der Waals surface area contributed by atoms with Crippen molar-refractivity contribution in [2.75, 3.05) is 14.2 Å². The standard InChI is InChI=1S/C15H22N2O2/c1-6-14(2,3)10-7-8-12-11(9-10)13(16)17-15(12,18-4)19-5/h7-9H,6H2,1-5H3,(H2,16,17). The van der Waals surface area contributed by atoms with Gasteiger partial charge in [-0.3, -0.25) is 0 Å². The van der Waals surface area contributed by atoms with Crippen molar-refractivity contribution in [3.8, 4) is 0 Å². The molecule has 1 aromatic carbocycles. The Balaban J connectivity index is 2.55. The van der Waals surface area contributed by atoms with E-state index in [1.807, 2.05) is 6.07 Å². The van der Waals surface area contributed by atoms with Crippen molar-refractivity contribution in [2.45, 2.75) is 38.5 Å². The quantitative estimate of drug-likeness (QED) is 0.848. The summed E-state index contributed by atoms with van der Waals surface area (Å²) in [7, 11) is 3.14. The Morgan fingerprint density at radius 3 is 2.42 bits per heavy atom. The van der Waals surface area contributed by atoms with Crippen molar-refractivity contribution in [3.05, 3.63) is 34.9 Å². The number of hydrogen-bond acceptors (Lipinski definition) is 4. The lowest BCUT2D eigenvalue weighted by Gasteiger charge is -2.26. The van der Waals surface area contributed by atoms with Crippen molar-refractivity contribution in [1.29, 1.82) is 0 Å². The first kappa shape index (κ1) is 14.0. The van der Waals surface area contributed by atoms with Crippen LogP contribution >= 0.6 is 0 Å². The van der Waals surface area contributed by atoms with Gasteiger partial charge in [-0.05, 0) is 23.5 Å². The van der Waals surface area contributed by atoms with Crippen LogP contribution in [0.4, 0.5) is 0 Å². The van der Waals surface area contributed by atoms with E-state index in [0.29, 0.717) is 5.84 Å². The fourth-order valence-corrected chi connectivity index (χ4v) is 2.33. The smallest absolute Gasteiger partial charge is 0.300 e. The van der Waals surface area contributed by atoms with Gasteiger partial charge in [0.15, 0.2) is 0 Å². The average molecular weight is 262 g/mol. The summed E-state index contributed by atoms with van der Waals surface area (Å²) in [5.41, 5.74) is 9.15. The van der Waals surface area contributed by atoms with Gasteiger partial charge < -0.3 is 15.2 Å². The molecule has 0 atom stereocenters. The predicted molar refractivity (Wildman–Crippen MR) is 76.2 cm³/mol. The minimum atomic E-state index is -1.09. The highest BCUT2D eigenvalue weighted by Gasteiger charge is 2.40. The molecule has 0 fully saturated rings.